The molecule has 1 aromatic heterocycles. The summed E-state index contributed by atoms with van der Waals surface area (Å²) in [5, 5.41) is 8.78. The summed E-state index contributed by atoms with van der Waals surface area (Å²) in [7, 11) is 0. The molecular formula is C8H10N2O3. The van der Waals surface area contributed by atoms with Gasteiger partial charge in [0.2, 0.25) is 0 Å². The molecule has 0 amide bonds. The predicted molar refractivity (Wildman–Crippen MR) is 44.2 cm³/mol. The van der Waals surface area contributed by atoms with E-state index in [4.69, 9.17) is 5.11 Å². The first kappa shape index (κ1) is 9.44. The second-order valence-corrected chi connectivity index (χ2v) is 2.57. The van der Waals surface area contributed by atoms with Crippen LogP contribution >= 0.6 is 0 Å². The number of aromatic nitrogens is 2. The van der Waals surface area contributed by atoms with E-state index in [9.17, 15) is 9.59 Å². The van der Waals surface area contributed by atoms with E-state index in [-0.39, 0.29) is 12.2 Å². The number of hydrogen-bond donors (Lipinski definition) is 1. The van der Waals surface area contributed by atoms with E-state index in [0.29, 0.717) is 0 Å². The molecule has 0 saturated carbocycles. The minimum atomic E-state index is -1.15. The van der Waals surface area contributed by atoms with Crippen LogP contribution in [-0.4, -0.2) is 26.4 Å². The largest absolute Gasteiger partial charge is 0.479 e. The Labute approximate surface area is 75.0 Å². The van der Waals surface area contributed by atoms with E-state index in [1.54, 1.807) is 6.92 Å². The summed E-state index contributed by atoms with van der Waals surface area (Å²) in [6.45, 7) is 1.63. The Balaban J connectivity index is 2.93. The van der Waals surface area contributed by atoms with Crippen LogP contribution in [0, 0.1) is 0 Å². The average Bonchev–Trinajstić information content (AvgIpc) is 2.56. The highest BCUT2D eigenvalue weighted by Crippen LogP contribution is 2.09. The molecule has 0 fully saturated rings. The van der Waals surface area contributed by atoms with Crippen LogP contribution in [0.4, 0.5) is 0 Å². The standard InChI is InChI=1S/C8H10N2O3/c1-2-6(11)7(8(12)13)10-4-3-9-5-10/h3-5,7H,2H2,1H3,(H,12,13). The molecule has 1 rings (SSSR count). The number of ketones is 1. The normalized spacial score (nSPS) is 12.4. The van der Waals surface area contributed by atoms with Gasteiger partial charge < -0.3 is 9.67 Å². The lowest BCUT2D eigenvalue weighted by Crippen LogP contribution is -2.26. The van der Waals surface area contributed by atoms with E-state index in [1.807, 2.05) is 0 Å². The molecule has 0 aliphatic rings. The molecule has 1 unspecified atom stereocenters. The zero-order valence-electron chi connectivity index (χ0n) is 7.17. The Bertz CT molecular complexity index is 305. The molecule has 0 radical (unpaired) electrons. The second-order valence-electron chi connectivity index (χ2n) is 2.57. The molecule has 0 aliphatic heterocycles. The van der Waals surface area contributed by atoms with E-state index >= 15 is 0 Å². The Hall–Kier alpha value is -1.65. The van der Waals surface area contributed by atoms with Crippen molar-refractivity contribution in [3.8, 4) is 0 Å². The number of Topliss-reactive ketones (excluding diaryl/α,β-unsaturated/α-hetero) is 1. The highest BCUT2D eigenvalue weighted by atomic mass is 16.4. The van der Waals surface area contributed by atoms with Crippen LogP contribution in [0.3, 0.4) is 0 Å². The van der Waals surface area contributed by atoms with Crippen LogP contribution in [0.5, 0.6) is 0 Å². The van der Waals surface area contributed by atoms with Crippen LogP contribution in [-0.2, 0) is 9.59 Å². The van der Waals surface area contributed by atoms with Gasteiger partial charge in [-0.25, -0.2) is 9.78 Å². The number of carboxylic acids is 1. The number of carbonyl (C=O) groups is 2. The third-order valence-corrected chi connectivity index (χ3v) is 1.71. The van der Waals surface area contributed by atoms with Crippen molar-refractivity contribution in [2.45, 2.75) is 19.4 Å². The molecule has 0 spiro atoms. The lowest BCUT2D eigenvalue weighted by Gasteiger charge is -2.10. The van der Waals surface area contributed by atoms with Gasteiger partial charge in [-0.15, -0.1) is 0 Å². The summed E-state index contributed by atoms with van der Waals surface area (Å²) in [5.41, 5.74) is 0. The maximum Gasteiger partial charge on any atom is 0.334 e. The van der Waals surface area contributed by atoms with Gasteiger partial charge in [-0.3, -0.25) is 4.79 Å². The first-order valence-electron chi connectivity index (χ1n) is 3.89. The molecule has 13 heavy (non-hydrogen) atoms. The summed E-state index contributed by atoms with van der Waals surface area (Å²) in [5.74, 6) is -1.48. The molecule has 5 nitrogen and oxygen atoms in total. The Morgan fingerprint density at radius 2 is 2.31 bits per heavy atom. The minimum absolute atomic E-state index is 0.204. The number of carboxylic acid groups (broad SMARTS) is 1. The summed E-state index contributed by atoms with van der Waals surface area (Å²) in [4.78, 5) is 25.6. The predicted octanol–water partition coefficient (Wildman–Crippen LogP) is 0.488. The van der Waals surface area contributed by atoms with Crippen molar-refractivity contribution in [2.24, 2.45) is 0 Å². The van der Waals surface area contributed by atoms with Crippen molar-refractivity contribution in [1.82, 2.24) is 9.55 Å². The maximum absolute atomic E-state index is 11.2. The van der Waals surface area contributed by atoms with Crippen molar-refractivity contribution in [3.63, 3.8) is 0 Å². The van der Waals surface area contributed by atoms with E-state index in [2.05, 4.69) is 4.98 Å². The fourth-order valence-corrected chi connectivity index (χ4v) is 1.05. The molecule has 1 N–H and O–H groups in total. The molecule has 70 valence electrons. The molecule has 1 atom stereocenters. The average molecular weight is 182 g/mol. The number of imidazole rings is 1. The summed E-state index contributed by atoms with van der Waals surface area (Å²) < 4.78 is 1.29. The van der Waals surface area contributed by atoms with Crippen molar-refractivity contribution < 1.29 is 14.7 Å². The van der Waals surface area contributed by atoms with Gasteiger partial charge >= 0.3 is 5.97 Å². The molecule has 1 heterocycles. The lowest BCUT2D eigenvalue weighted by molar-refractivity contribution is -0.145. The van der Waals surface area contributed by atoms with Gasteiger partial charge in [0.1, 0.15) is 0 Å². The van der Waals surface area contributed by atoms with Crippen LogP contribution in [0.2, 0.25) is 0 Å². The second kappa shape index (κ2) is 3.84. The van der Waals surface area contributed by atoms with Crippen molar-refractivity contribution in [2.75, 3.05) is 0 Å². The van der Waals surface area contributed by atoms with Gasteiger partial charge in [0, 0.05) is 18.8 Å². The van der Waals surface area contributed by atoms with Gasteiger partial charge in [-0.2, -0.15) is 0 Å². The van der Waals surface area contributed by atoms with Gasteiger partial charge in [-0.1, -0.05) is 6.92 Å². The van der Waals surface area contributed by atoms with Gasteiger partial charge in [0.15, 0.2) is 11.8 Å². The van der Waals surface area contributed by atoms with Gasteiger partial charge in [0.05, 0.1) is 6.33 Å². The monoisotopic (exact) mass is 182 g/mol. The van der Waals surface area contributed by atoms with Gasteiger partial charge in [0.25, 0.3) is 0 Å². The lowest BCUT2D eigenvalue weighted by atomic mass is 10.1. The fourth-order valence-electron chi connectivity index (χ4n) is 1.05. The number of carbonyl (C=O) groups excluding carboxylic acids is 1. The number of hydrogen-bond acceptors (Lipinski definition) is 3. The minimum Gasteiger partial charge on any atom is -0.479 e. The molecule has 0 bridgehead atoms. The molecule has 5 heteroatoms. The third kappa shape index (κ3) is 1.93. The SMILES string of the molecule is CCC(=O)C(C(=O)O)n1ccnc1. The summed E-state index contributed by atoms with van der Waals surface area (Å²) >= 11 is 0. The zero-order valence-corrected chi connectivity index (χ0v) is 7.17. The highest BCUT2D eigenvalue weighted by molar-refractivity contribution is 6.00. The molecule has 0 aliphatic carbocycles. The van der Waals surface area contributed by atoms with E-state index in [1.165, 1.54) is 23.3 Å². The Kier molecular flexibility index (Phi) is 2.79. The smallest absolute Gasteiger partial charge is 0.334 e. The fraction of sp³-hybridized carbons (Fsp3) is 0.375. The number of rotatable bonds is 4. The van der Waals surface area contributed by atoms with Crippen molar-refractivity contribution in [3.05, 3.63) is 18.7 Å². The number of aliphatic carboxylic acids is 1. The van der Waals surface area contributed by atoms with E-state index < -0.39 is 12.0 Å². The van der Waals surface area contributed by atoms with Gasteiger partial charge in [-0.05, 0) is 0 Å². The molecule has 0 aromatic carbocycles. The zero-order chi connectivity index (χ0) is 9.84. The molecule has 1 aromatic rings. The van der Waals surface area contributed by atoms with Crippen LogP contribution < -0.4 is 0 Å². The molecule has 0 saturated heterocycles. The quantitative estimate of drug-likeness (QED) is 0.688. The summed E-state index contributed by atoms with van der Waals surface area (Å²) in [6.07, 6.45) is 4.44. The Morgan fingerprint density at radius 1 is 1.62 bits per heavy atom. The highest BCUT2D eigenvalue weighted by Gasteiger charge is 2.25. The number of nitrogens with zero attached hydrogens (tertiary/aromatic N) is 2. The Morgan fingerprint density at radius 3 is 2.69 bits per heavy atom. The maximum atomic E-state index is 11.2. The summed E-state index contributed by atoms with van der Waals surface area (Å²) in [6, 6.07) is -1.13. The van der Waals surface area contributed by atoms with Crippen LogP contribution in [0.25, 0.3) is 0 Å². The molecular weight excluding hydrogens is 172 g/mol. The van der Waals surface area contributed by atoms with Crippen molar-refractivity contribution >= 4 is 11.8 Å². The van der Waals surface area contributed by atoms with E-state index in [0.717, 1.165) is 0 Å². The topological polar surface area (TPSA) is 72.2 Å². The van der Waals surface area contributed by atoms with Crippen LogP contribution in [0.1, 0.15) is 19.4 Å². The first-order valence-corrected chi connectivity index (χ1v) is 3.89. The first-order chi connectivity index (χ1) is 6.16. The third-order valence-electron chi connectivity index (χ3n) is 1.71. The van der Waals surface area contributed by atoms with Crippen molar-refractivity contribution in [1.29, 1.82) is 0 Å². The van der Waals surface area contributed by atoms with Crippen LogP contribution in [0.15, 0.2) is 18.7 Å².